The average Bonchev–Trinajstić information content (AvgIpc) is 1.30. The molecule has 0 amide bonds. The Labute approximate surface area is 42.9 Å². The summed E-state index contributed by atoms with van der Waals surface area (Å²) in [6.07, 6.45) is 1.18. The molecule has 0 rings (SSSR count). The van der Waals surface area contributed by atoms with Gasteiger partial charge in [0.05, 0.1) is 5.75 Å². The van der Waals surface area contributed by atoms with Crippen molar-refractivity contribution >= 4 is 10.0 Å². The van der Waals surface area contributed by atoms with Gasteiger partial charge >= 0.3 is 0 Å². The van der Waals surface area contributed by atoms with Gasteiger partial charge in [0.15, 0.2) is 0 Å². The van der Waals surface area contributed by atoms with Gasteiger partial charge in [-0.05, 0) is 0 Å². The normalized spacial score (nSPS) is 11.0. The van der Waals surface area contributed by atoms with E-state index in [2.05, 4.69) is 6.58 Å². The summed E-state index contributed by atoms with van der Waals surface area (Å²) in [4.78, 5) is 0. The van der Waals surface area contributed by atoms with Crippen LogP contribution >= 0.6 is 0 Å². The van der Waals surface area contributed by atoms with Crippen LogP contribution in [0.5, 0.6) is 0 Å². The highest BCUT2D eigenvalue weighted by Gasteiger charge is 1.95. The van der Waals surface area contributed by atoms with Crippen LogP contribution in [0.25, 0.3) is 0 Å². The summed E-state index contributed by atoms with van der Waals surface area (Å²) in [6.45, 7) is 3.15. The summed E-state index contributed by atoms with van der Waals surface area (Å²) in [5.74, 6) is -0.257. The van der Waals surface area contributed by atoms with Crippen LogP contribution in [0.15, 0.2) is 12.7 Å². The lowest BCUT2D eigenvalue weighted by atomic mass is 10.8. The molecule has 1 radical (unpaired) electrons. The molecule has 0 aliphatic rings. The Morgan fingerprint density at radius 1 is 1.71 bits per heavy atom. The zero-order valence-electron chi connectivity index (χ0n) is 3.72. The maximum Gasteiger partial charge on any atom is 0.228 e. The highest BCUT2D eigenvalue weighted by atomic mass is 32.2. The Bertz CT molecular complexity index is 146. The van der Waals surface area contributed by atoms with Crippen molar-refractivity contribution in [3.63, 3.8) is 0 Å². The van der Waals surface area contributed by atoms with Crippen LogP contribution in [-0.2, 0) is 10.0 Å². The van der Waals surface area contributed by atoms with Crippen molar-refractivity contribution in [2.45, 2.75) is 0 Å². The molecule has 0 bridgehead atoms. The van der Waals surface area contributed by atoms with E-state index in [0.717, 1.165) is 0 Å². The van der Waals surface area contributed by atoms with Crippen LogP contribution in [0.3, 0.4) is 0 Å². The minimum absolute atomic E-state index is 0.257. The van der Waals surface area contributed by atoms with E-state index in [1.807, 2.05) is 0 Å². The second-order valence-corrected chi connectivity index (χ2v) is 2.63. The maximum absolute atomic E-state index is 9.83. The standard InChI is InChI=1S/C3H6NO2S/c1-2-3-7(4,5)6/h2,4H,1,3H2. The quantitative estimate of drug-likeness (QED) is 0.473. The summed E-state index contributed by atoms with van der Waals surface area (Å²) in [7, 11) is -3.54. The zero-order valence-corrected chi connectivity index (χ0v) is 4.53. The Morgan fingerprint density at radius 3 is 2.14 bits per heavy atom. The molecule has 1 N–H and O–H groups in total. The number of sulfonamides is 1. The van der Waals surface area contributed by atoms with Crippen molar-refractivity contribution in [2.75, 3.05) is 5.75 Å². The minimum Gasteiger partial charge on any atom is -0.211 e. The van der Waals surface area contributed by atoms with Crippen LogP contribution in [0.1, 0.15) is 0 Å². The molecular formula is C3H6NO2S. The molecule has 0 atom stereocenters. The molecule has 4 heteroatoms. The van der Waals surface area contributed by atoms with Crippen molar-refractivity contribution in [2.24, 2.45) is 0 Å². The SMILES string of the molecule is C=CCS([NH])(=O)=O. The fourth-order valence-electron chi connectivity index (χ4n) is 0.155. The molecule has 3 nitrogen and oxygen atoms in total. The van der Waals surface area contributed by atoms with Crippen molar-refractivity contribution in [1.82, 2.24) is 5.14 Å². The van der Waals surface area contributed by atoms with Gasteiger partial charge in [-0.1, -0.05) is 6.08 Å². The molecule has 0 aliphatic carbocycles. The van der Waals surface area contributed by atoms with E-state index in [1.165, 1.54) is 6.08 Å². The van der Waals surface area contributed by atoms with Crippen LogP contribution in [-0.4, -0.2) is 14.2 Å². The Morgan fingerprint density at radius 2 is 2.14 bits per heavy atom. The third-order valence-electron chi connectivity index (χ3n) is 0.337. The van der Waals surface area contributed by atoms with Gasteiger partial charge in [0, 0.05) is 0 Å². The lowest BCUT2D eigenvalue weighted by molar-refractivity contribution is 0.599. The van der Waals surface area contributed by atoms with Gasteiger partial charge in [0.2, 0.25) is 10.0 Å². The molecule has 0 heterocycles. The molecule has 0 saturated carbocycles. The van der Waals surface area contributed by atoms with Gasteiger partial charge in [0.1, 0.15) is 0 Å². The third-order valence-corrected chi connectivity index (χ3v) is 1.01. The van der Waals surface area contributed by atoms with Crippen LogP contribution in [0.4, 0.5) is 0 Å². The number of rotatable bonds is 2. The van der Waals surface area contributed by atoms with Crippen LogP contribution in [0.2, 0.25) is 0 Å². The van der Waals surface area contributed by atoms with Crippen LogP contribution in [0, 0.1) is 0 Å². The fraction of sp³-hybridized carbons (Fsp3) is 0.333. The molecular weight excluding hydrogens is 114 g/mol. The highest BCUT2D eigenvalue weighted by Crippen LogP contribution is 1.76. The first-order valence-electron chi connectivity index (χ1n) is 1.64. The van der Waals surface area contributed by atoms with Gasteiger partial charge < -0.3 is 0 Å². The molecule has 0 aromatic carbocycles. The second kappa shape index (κ2) is 2.09. The number of hydrogen-bond donors (Lipinski definition) is 0. The zero-order chi connectivity index (χ0) is 5.91. The summed E-state index contributed by atoms with van der Waals surface area (Å²) < 4.78 is 19.7. The van der Waals surface area contributed by atoms with Crippen molar-refractivity contribution in [3.05, 3.63) is 12.7 Å². The maximum atomic E-state index is 9.83. The summed E-state index contributed by atoms with van der Waals surface area (Å²) in [5.41, 5.74) is 0. The Hall–Kier alpha value is -0.350. The van der Waals surface area contributed by atoms with E-state index in [4.69, 9.17) is 5.14 Å². The Balaban J connectivity index is 3.84. The smallest absolute Gasteiger partial charge is 0.211 e. The molecule has 7 heavy (non-hydrogen) atoms. The number of hydrogen-bond acceptors (Lipinski definition) is 2. The average molecular weight is 120 g/mol. The molecule has 0 aromatic rings. The molecule has 41 valence electrons. The van der Waals surface area contributed by atoms with E-state index in [9.17, 15) is 8.42 Å². The number of nitrogens with one attached hydrogen (secondary N) is 1. The molecule has 0 unspecified atom stereocenters. The van der Waals surface area contributed by atoms with Crippen LogP contribution < -0.4 is 5.14 Å². The summed E-state index contributed by atoms with van der Waals surface area (Å²) >= 11 is 0. The van der Waals surface area contributed by atoms with E-state index in [1.54, 1.807) is 0 Å². The summed E-state index contributed by atoms with van der Waals surface area (Å²) in [6, 6.07) is 0. The lowest BCUT2D eigenvalue weighted by Crippen LogP contribution is -2.02. The first-order valence-corrected chi connectivity index (χ1v) is 3.29. The predicted molar refractivity (Wildman–Crippen MR) is 27.1 cm³/mol. The van der Waals surface area contributed by atoms with Crippen molar-refractivity contribution in [3.8, 4) is 0 Å². The minimum atomic E-state index is -3.54. The molecule has 0 aliphatic heterocycles. The van der Waals surface area contributed by atoms with E-state index >= 15 is 0 Å². The van der Waals surface area contributed by atoms with Crippen molar-refractivity contribution < 1.29 is 8.42 Å². The van der Waals surface area contributed by atoms with E-state index in [0.29, 0.717) is 0 Å². The highest BCUT2D eigenvalue weighted by molar-refractivity contribution is 7.88. The lowest BCUT2D eigenvalue weighted by Gasteiger charge is -1.82. The molecule has 0 fully saturated rings. The Kier molecular flexibility index (Phi) is 1.98. The summed E-state index contributed by atoms with van der Waals surface area (Å²) in [5, 5.41) is 6.23. The molecule has 0 spiro atoms. The van der Waals surface area contributed by atoms with Gasteiger partial charge in [-0.2, -0.15) is 0 Å². The van der Waals surface area contributed by atoms with E-state index in [-0.39, 0.29) is 5.75 Å². The van der Waals surface area contributed by atoms with Gasteiger partial charge in [0.25, 0.3) is 0 Å². The third kappa shape index (κ3) is 5.65. The van der Waals surface area contributed by atoms with Gasteiger partial charge in [-0.3, -0.25) is 0 Å². The molecule has 0 aromatic heterocycles. The van der Waals surface area contributed by atoms with Crippen molar-refractivity contribution in [1.29, 1.82) is 0 Å². The largest absolute Gasteiger partial charge is 0.228 e. The monoisotopic (exact) mass is 120 g/mol. The van der Waals surface area contributed by atoms with Gasteiger partial charge in [-0.15, -0.1) is 11.7 Å². The first-order chi connectivity index (χ1) is 3.06. The van der Waals surface area contributed by atoms with E-state index < -0.39 is 10.0 Å². The first kappa shape index (κ1) is 6.65. The molecule has 0 saturated heterocycles. The predicted octanol–water partition coefficient (Wildman–Crippen LogP) is -0.215. The topological polar surface area (TPSA) is 57.9 Å². The second-order valence-electron chi connectivity index (χ2n) is 1.07. The fourth-order valence-corrected chi connectivity index (χ4v) is 0.465. The van der Waals surface area contributed by atoms with Gasteiger partial charge in [-0.25, -0.2) is 8.42 Å².